The van der Waals surface area contributed by atoms with Gasteiger partial charge >= 0.3 is 0 Å². The lowest BCUT2D eigenvalue weighted by atomic mass is 9.94. The molecule has 0 aromatic carbocycles. The fraction of sp³-hybridized carbons (Fsp3) is 0.588. The average molecular weight is 291 g/mol. The van der Waals surface area contributed by atoms with E-state index in [1.165, 1.54) is 12.5 Å². The minimum absolute atomic E-state index is 0.0515. The first-order valence-electron chi connectivity index (χ1n) is 7.74. The molecular weight excluding hydrogens is 266 g/mol. The van der Waals surface area contributed by atoms with Crippen molar-refractivity contribution in [1.29, 1.82) is 0 Å². The predicted molar refractivity (Wildman–Crippen MR) is 82.8 cm³/mol. The normalized spacial score (nSPS) is 21.7. The molecule has 116 valence electrons. The highest BCUT2D eigenvalue weighted by Crippen LogP contribution is 2.47. The van der Waals surface area contributed by atoms with E-state index in [0.29, 0.717) is 30.4 Å². The van der Waals surface area contributed by atoms with E-state index in [1.807, 2.05) is 26.0 Å². The van der Waals surface area contributed by atoms with Crippen molar-refractivity contribution in [2.24, 2.45) is 5.92 Å². The molecule has 4 nitrogen and oxygen atoms in total. The molecule has 1 aliphatic rings. The average Bonchev–Trinajstić information content (AvgIpc) is 3.04. The van der Waals surface area contributed by atoms with E-state index in [0.717, 1.165) is 5.76 Å². The Hall–Kier alpha value is -1.55. The molecule has 0 bridgehead atoms. The maximum Gasteiger partial charge on any atom is 0.244 e. The SMILES string of the molecule is CCC(CC)(CO)NC(=O)C=Cc1ccc(C2CC2C)o1. The Morgan fingerprint density at radius 3 is 2.67 bits per heavy atom. The van der Waals surface area contributed by atoms with Crippen LogP contribution in [0.1, 0.15) is 57.5 Å². The Balaban J connectivity index is 1.94. The number of aliphatic hydroxyl groups excluding tert-OH is 1. The molecule has 2 N–H and O–H groups in total. The van der Waals surface area contributed by atoms with Crippen LogP contribution in [0.25, 0.3) is 6.08 Å². The molecular formula is C17H25NO3. The summed E-state index contributed by atoms with van der Waals surface area (Å²) in [5.41, 5.74) is -0.529. The summed E-state index contributed by atoms with van der Waals surface area (Å²) in [5.74, 6) is 2.75. The topological polar surface area (TPSA) is 62.5 Å². The lowest BCUT2D eigenvalue weighted by Crippen LogP contribution is -2.49. The monoisotopic (exact) mass is 291 g/mol. The smallest absolute Gasteiger partial charge is 0.244 e. The molecule has 1 fully saturated rings. The van der Waals surface area contributed by atoms with Crippen molar-refractivity contribution in [1.82, 2.24) is 5.32 Å². The van der Waals surface area contributed by atoms with E-state index in [9.17, 15) is 9.90 Å². The summed E-state index contributed by atoms with van der Waals surface area (Å²) >= 11 is 0. The minimum Gasteiger partial charge on any atom is -0.461 e. The van der Waals surface area contributed by atoms with E-state index in [4.69, 9.17) is 4.42 Å². The zero-order valence-electron chi connectivity index (χ0n) is 13.1. The number of carbonyl (C=O) groups is 1. The molecule has 2 rings (SSSR count). The van der Waals surface area contributed by atoms with Gasteiger partial charge in [-0.25, -0.2) is 0 Å². The van der Waals surface area contributed by atoms with Crippen LogP contribution in [0.5, 0.6) is 0 Å². The highest BCUT2D eigenvalue weighted by atomic mass is 16.3. The zero-order valence-corrected chi connectivity index (χ0v) is 13.1. The first kappa shape index (κ1) is 15.8. The van der Waals surface area contributed by atoms with E-state index in [-0.39, 0.29) is 12.5 Å². The van der Waals surface area contributed by atoms with E-state index in [1.54, 1.807) is 6.08 Å². The van der Waals surface area contributed by atoms with Gasteiger partial charge in [0.05, 0.1) is 12.1 Å². The van der Waals surface area contributed by atoms with Gasteiger partial charge in [-0.05, 0) is 43.4 Å². The first-order chi connectivity index (χ1) is 10.0. The van der Waals surface area contributed by atoms with Crippen molar-refractivity contribution in [2.45, 2.75) is 51.5 Å². The van der Waals surface area contributed by atoms with E-state index < -0.39 is 5.54 Å². The Labute approximate surface area is 126 Å². The number of rotatable bonds is 7. The number of carbonyl (C=O) groups excluding carboxylic acids is 1. The van der Waals surface area contributed by atoms with Gasteiger partial charge in [0.1, 0.15) is 11.5 Å². The number of amides is 1. The summed E-state index contributed by atoms with van der Waals surface area (Å²) in [5, 5.41) is 12.3. The molecule has 21 heavy (non-hydrogen) atoms. The molecule has 1 aromatic rings. The van der Waals surface area contributed by atoms with Gasteiger partial charge in [0, 0.05) is 12.0 Å². The summed E-state index contributed by atoms with van der Waals surface area (Å²) in [6.45, 7) is 6.07. The van der Waals surface area contributed by atoms with Crippen molar-refractivity contribution in [3.8, 4) is 0 Å². The van der Waals surface area contributed by atoms with Crippen molar-refractivity contribution < 1.29 is 14.3 Å². The fourth-order valence-corrected chi connectivity index (χ4v) is 2.53. The van der Waals surface area contributed by atoms with Crippen LogP contribution in [0.15, 0.2) is 22.6 Å². The van der Waals surface area contributed by atoms with Gasteiger partial charge in [0.25, 0.3) is 0 Å². The summed E-state index contributed by atoms with van der Waals surface area (Å²) in [6, 6.07) is 3.88. The fourth-order valence-electron chi connectivity index (χ4n) is 2.53. The lowest BCUT2D eigenvalue weighted by Gasteiger charge is -2.30. The Morgan fingerprint density at radius 1 is 1.48 bits per heavy atom. The summed E-state index contributed by atoms with van der Waals surface area (Å²) in [4.78, 5) is 12.0. The molecule has 0 saturated heterocycles. The molecule has 0 radical (unpaired) electrons. The summed E-state index contributed by atoms with van der Waals surface area (Å²) in [7, 11) is 0. The van der Waals surface area contributed by atoms with Crippen LogP contribution in [-0.4, -0.2) is 23.2 Å². The van der Waals surface area contributed by atoms with Crippen LogP contribution in [0.3, 0.4) is 0 Å². The van der Waals surface area contributed by atoms with Gasteiger partial charge in [-0.3, -0.25) is 4.79 Å². The molecule has 0 aliphatic heterocycles. The van der Waals surface area contributed by atoms with Crippen molar-refractivity contribution in [2.75, 3.05) is 6.61 Å². The number of hydrogen-bond acceptors (Lipinski definition) is 3. The molecule has 1 saturated carbocycles. The minimum atomic E-state index is -0.529. The number of aliphatic hydroxyl groups is 1. The lowest BCUT2D eigenvalue weighted by molar-refractivity contribution is -0.119. The van der Waals surface area contributed by atoms with Gasteiger partial charge < -0.3 is 14.8 Å². The zero-order chi connectivity index (χ0) is 15.5. The Morgan fingerprint density at radius 2 is 2.14 bits per heavy atom. The third kappa shape index (κ3) is 3.76. The molecule has 0 spiro atoms. The van der Waals surface area contributed by atoms with E-state index in [2.05, 4.69) is 12.2 Å². The third-order valence-corrected chi connectivity index (χ3v) is 4.57. The molecule has 2 unspecified atom stereocenters. The number of nitrogens with one attached hydrogen (secondary N) is 1. The van der Waals surface area contributed by atoms with Crippen LogP contribution < -0.4 is 5.32 Å². The van der Waals surface area contributed by atoms with Crippen LogP contribution in [0, 0.1) is 5.92 Å². The van der Waals surface area contributed by atoms with Crippen LogP contribution in [0.4, 0.5) is 0 Å². The van der Waals surface area contributed by atoms with Crippen LogP contribution >= 0.6 is 0 Å². The second-order valence-electron chi connectivity index (χ2n) is 6.03. The Bertz CT molecular complexity index is 506. The highest BCUT2D eigenvalue weighted by Gasteiger charge is 2.36. The highest BCUT2D eigenvalue weighted by molar-refractivity contribution is 5.91. The van der Waals surface area contributed by atoms with Crippen LogP contribution in [0.2, 0.25) is 0 Å². The van der Waals surface area contributed by atoms with Gasteiger partial charge in [0.15, 0.2) is 0 Å². The summed E-state index contributed by atoms with van der Waals surface area (Å²) in [6.07, 6.45) is 5.73. The maximum absolute atomic E-state index is 12.0. The molecule has 1 aromatic heterocycles. The summed E-state index contributed by atoms with van der Waals surface area (Å²) < 4.78 is 5.72. The quantitative estimate of drug-likeness (QED) is 0.759. The van der Waals surface area contributed by atoms with Crippen molar-refractivity contribution >= 4 is 12.0 Å². The van der Waals surface area contributed by atoms with Gasteiger partial charge in [0.2, 0.25) is 5.91 Å². The second kappa shape index (κ2) is 6.48. The number of hydrogen-bond donors (Lipinski definition) is 2. The second-order valence-corrected chi connectivity index (χ2v) is 6.03. The molecule has 2 atom stereocenters. The first-order valence-corrected chi connectivity index (χ1v) is 7.74. The Kier molecular flexibility index (Phi) is 4.88. The van der Waals surface area contributed by atoms with Crippen LogP contribution in [-0.2, 0) is 4.79 Å². The largest absolute Gasteiger partial charge is 0.461 e. The predicted octanol–water partition coefficient (Wildman–Crippen LogP) is 3.08. The van der Waals surface area contributed by atoms with Crippen molar-refractivity contribution in [3.63, 3.8) is 0 Å². The van der Waals surface area contributed by atoms with E-state index >= 15 is 0 Å². The number of furan rings is 1. The van der Waals surface area contributed by atoms with Gasteiger partial charge in [-0.2, -0.15) is 0 Å². The molecule has 4 heteroatoms. The molecule has 1 heterocycles. The van der Waals surface area contributed by atoms with Crippen molar-refractivity contribution in [3.05, 3.63) is 29.7 Å². The van der Waals surface area contributed by atoms with Gasteiger partial charge in [-0.15, -0.1) is 0 Å². The molecule has 1 amide bonds. The third-order valence-electron chi connectivity index (χ3n) is 4.57. The molecule has 1 aliphatic carbocycles. The maximum atomic E-state index is 12.0. The van der Waals surface area contributed by atoms with Gasteiger partial charge in [-0.1, -0.05) is 20.8 Å². The standard InChI is InChI=1S/C17H25NO3/c1-4-17(5-2,11-19)18-16(20)9-7-13-6-8-15(21-13)14-10-12(14)3/h6-9,12,14,19H,4-5,10-11H2,1-3H3,(H,18,20).